The van der Waals surface area contributed by atoms with Crippen molar-refractivity contribution in [3.63, 3.8) is 0 Å². The van der Waals surface area contributed by atoms with Crippen LogP contribution in [0.2, 0.25) is 0 Å². The minimum Gasteiger partial charge on any atom is -0.273 e. The second kappa shape index (κ2) is 5.81. The first-order chi connectivity index (χ1) is 11.4. The van der Waals surface area contributed by atoms with E-state index >= 15 is 0 Å². The van der Waals surface area contributed by atoms with Gasteiger partial charge in [0.2, 0.25) is 0 Å². The smallest absolute Gasteiger partial charge is 0.258 e. The molecule has 24 heavy (non-hydrogen) atoms. The quantitative estimate of drug-likeness (QED) is 0.766. The van der Waals surface area contributed by atoms with E-state index in [1.54, 1.807) is 23.6 Å². The number of rotatable bonds is 2. The first kappa shape index (κ1) is 15.7. The van der Waals surface area contributed by atoms with Gasteiger partial charge in [0.1, 0.15) is 0 Å². The van der Waals surface area contributed by atoms with Crippen molar-refractivity contribution in [1.82, 2.24) is 0 Å². The highest BCUT2D eigenvalue weighted by Gasteiger charge is 2.34. The van der Waals surface area contributed by atoms with Crippen molar-refractivity contribution < 1.29 is 9.59 Å². The Hall–Kier alpha value is -3.14. The number of fused-ring (bicyclic) bond motifs is 2. The molecule has 0 unspecified atom stereocenters. The lowest BCUT2D eigenvalue weighted by molar-refractivity contribution is -0.115. The van der Waals surface area contributed by atoms with Gasteiger partial charge in [-0.15, -0.1) is 0 Å². The number of anilines is 4. The fourth-order valence-corrected chi connectivity index (χ4v) is 2.76. The molecule has 0 saturated heterocycles. The van der Waals surface area contributed by atoms with E-state index in [4.69, 9.17) is 0 Å². The molecule has 1 heterocycles. The number of hydrogen-bond donors (Lipinski definition) is 0. The predicted molar refractivity (Wildman–Crippen MR) is 96.8 cm³/mol. The van der Waals surface area contributed by atoms with Gasteiger partial charge in [-0.25, -0.2) is 0 Å². The Labute approximate surface area is 141 Å². The molecule has 2 aromatic rings. The van der Waals surface area contributed by atoms with Crippen LogP contribution in [-0.4, -0.2) is 11.8 Å². The lowest BCUT2D eigenvalue weighted by Crippen LogP contribution is -2.37. The first-order valence-electron chi connectivity index (χ1n) is 7.61. The van der Waals surface area contributed by atoms with Crippen LogP contribution in [0.1, 0.15) is 13.8 Å². The zero-order valence-corrected chi connectivity index (χ0v) is 13.7. The molecule has 0 fully saturated rings. The maximum absolute atomic E-state index is 12.7. The summed E-state index contributed by atoms with van der Waals surface area (Å²) in [6, 6.07) is 14.7. The van der Waals surface area contributed by atoms with Crippen LogP contribution in [0.3, 0.4) is 0 Å². The van der Waals surface area contributed by atoms with E-state index in [-0.39, 0.29) is 11.8 Å². The lowest BCUT2D eigenvalue weighted by Gasteiger charge is -2.38. The first-order valence-corrected chi connectivity index (χ1v) is 7.61. The Balaban J connectivity index is 2.31. The van der Waals surface area contributed by atoms with Gasteiger partial charge >= 0.3 is 0 Å². The van der Waals surface area contributed by atoms with Crippen LogP contribution in [-0.2, 0) is 9.59 Å². The fraction of sp³-hybridized carbons (Fsp3) is 0.100. The van der Waals surface area contributed by atoms with Crippen LogP contribution < -0.4 is 9.80 Å². The van der Waals surface area contributed by atoms with Crippen molar-refractivity contribution in [2.45, 2.75) is 13.8 Å². The predicted octanol–water partition coefficient (Wildman–Crippen LogP) is 4.48. The van der Waals surface area contributed by atoms with Gasteiger partial charge in [0.15, 0.2) is 0 Å². The number of nitrogens with zero attached hydrogens (tertiary/aromatic N) is 2. The van der Waals surface area contributed by atoms with Crippen LogP contribution in [0.15, 0.2) is 72.8 Å². The summed E-state index contributed by atoms with van der Waals surface area (Å²) < 4.78 is 0. The molecule has 0 atom stereocenters. The number of hydrogen-bond acceptors (Lipinski definition) is 2. The summed E-state index contributed by atoms with van der Waals surface area (Å²) in [6.45, 7) is 10.9. The van der Waals surface area contributed by atoms with Gasteiger partial charge in [-0.1, -0.05) is 37.4 Å². The van der Waals surface area contributed by atoms with Gasteiger partial charge in [0, 0.05) is 11.1 Å². The SMILES string of the molecule is C=C(C)C(=O)N1c2ccccc2N(C(=O)C(=C)C)c2ccccc21. The van der Waals surface area contributed by atoms with Crippen molar-refractivity contribution in [3.8, 4) is 0 Å². The molecule has 0 radical (unpaired) electrons. The Morgan fingerprint density at radius 1 is 0.667 bits per heavy atom. The molecule has 4 nitrogen and oxygen atoms in total. The topological polar surface area (TPSA) is 40.6 Å². The van der Waals surface area contributed by atoms with Crippen LogP contribution in [0.25, 0.3) is 0 Å². The van der Waals surface area contributed by atoms with E-state index in [1.807, 2.05) is 48.5 Å². The summed E-state index contributed by atoms with van der Waals surface area (Å²) in [6.07, 6.45) is 0. The van der Waals surface area contributed by atoms with E-state index in [2.05, 4.69) is 13.2 Å². The second-order valence-corrected chi connectivity index (χ2v) is 5.82. The summed E-state index contributed by atoms with van der Waals surface area (Å²) in [5.41, 5.74) is 3.47. The molecule has 120 valence electrons. The zero-order chi connectivity index (χ0) is 17.4. The second-order valence-electron chi connectivity index (χ2n) is 5.82. The highest BCUT2D eigenvalue weighted by atomic mass is 16.2. The molecule has 0 bridgehead atoms. The average molecular weight is 318 g/mol. The molecule has 2 aromatic carbocycles. The molecular weight excluding hydrogens is 300 g/mol. The maximum atomic E-state index is 12.7. The Morgan fingerprint density at radius 3 is 1.12 bits per heavy atom. The van der Waals surface area contributed by atoms with Gasteiger partial charge in [0.05, 0.1) is 22.7 Å². The summed E-state index contributed by atoms with van der Waals surface area (Å²) in [4.78, 5) is 28.7. The van der Waals surface area contributed by atoms with E-state index in [0.29, 0.717) is 33.9 Å². The summed E-state index contributed by atoms with van der Waals surface area (Å²) in [5, 5.41) is 0. The molecule has 0 aliphatic carbocycles. The summed E-state index contributed by atoms with van der Waals surface area (Å²) in [7, 11) is 0. The highest BCUT2D eigenvalue weighted by molar-refractivity contribution is 6.22. The van der Waals surface area contributed by atoms with E-state index in [9.17, 15) is 9.59 Å². The third-order valence-corrected chi connectivity index (χ3v) is 3.86. The third kappa shape index (κ3) is 2.33. The summed E-state index contributed by atoms with van der Waals surface area (Å²) in [5.74, 6) is -0.394. The molecule has 0 saturated carbocycles. The Kier molecular flexibility index (Phi) is 3.81. The number of benzene rings is 2. The van der Waals surface area contributed by atoms with Crippen molar-refractivity contribution >= 4 is 34.6 Å². The van der Waals surface area contributed by atoms with Crippen molar-refractivity contribution in [1.29, 1.82) is 0 Å². The van der Waals surface area contributed by atoms with Crippen molar-refractivity contribution in [2.24, 2.45) is 0 Å². The highest BCUT2D eigenvalue weighted by Crippen LogP contribution is 2.48. The molecule has 3 rings (SSSR count). The van der Waals surface area contributed by atoms with Gasteiger partial charge < -0.3 is 0 Å². The summed E-state index contributed by atoms with van der Waals surface area (Å²) >= 11 is 0. The van der Waals surface area contributed by atoms with Crippen LogP contribution in [0.4, 0.5) is 22.7 Å². The number of amides is 2. The monoisotopic (exact) mass is 318 g/mol. The molecule has 0 aromatic heterocycles. The van der Waals surface area contributed by atoms with Gasteiger partial charge in [-0.05, 0) is 38.1 Å². The number of carbonyl (C=O) groups excluding carboxylic acids is 2. The normalized spacial score (nSPS) is 12.2. The van der Waals surface area contributed by atoms with E-state index < -0.39 is 0 Å². The van der Waals surface area contributed by atoms with Gasteiger partial charge in [-0.2, -0.15) is 0 Å². The molecule has 1 aliphatic rings. The molecule has 0 spiro atoms. The molecule has 4 heteroatoms. The van der Waals surface area contributed by atoms with E-state index in [1.165, 1.54) is 0 Å². The molecular formula is C20H18N2O2. The molecule has 2 amide bonds. The Bertz CT molecular complexity index is 763. The van der Waals surface area contributed by atoms with Gasteiger partial charge in [0.25, 0.3) is 11.8 Å². The third-order valence-electron chi connectivity index (χ3n) is 3.86. The van der Waals surface area contributed by atoms with E-state index in [0.717, 1.165) is 0 Å². The zero-order valence-electron chi connectivity index (χ0n) is 13.7. The molecule has 1 aliphatic heterocycles. The number of para-hydroxylation sites is 4. The fourth-order valence-electron chi connectivity index (χ4n) is 2.76. The standard InChI is InChI=1S/C20H18N2O2/c1-13(2)19(23)21-15-9-5-7-11-17(15)22(20(24)14(3)4)18-12-8-6-10-16(18)21/h5-12H,1,3H2,2,4H3. The van der Waals surface area contributed by atoms with Crippen LogP contribution in [0, 0.1) is 0 Å². The minimum absolute atomic E-state index is 0.197. The molecule has 0 N–H and O–H groups in total. The number of carbonyl (C=O) groups is 2. The van der Waals surface area contributed by atoms with Crippen LogP contribution >= 0.6 is 0 Å². The van der Waals surface area contributed by atoms with Gasteiger partial charge in [-0.3, -0.25) is 19.4 Å². The largest absolute Gasteiger partial charge is 0.273 e. The van der Waals surface area contributed by atoms with Crippen LogP contribution in [0.5, 0.6) is 0 Å². The minimum atomic E-state index is -0.197. The maximum Gasteiger partial charge on any atom is 0.258 e. The average Bonchev–Trinajstić information content (AvgIpc) is 2.58. The lowest BCUT2D eigenvalue weighted by atomic mass is 10.0. The van der Waals surface area contributed by atoms with Crippen molar-refractivity contribution in [3.05, 3.63) is 72.8 Å². The van der Waals surface area contributed by atoms with Crippen molar-refractivity contribution in [2.75, 3.05) is 9.80 Å². The Morgan fingerprint density at radius 2 is 0.917 bits per heavy atom.